The molecule has 7 heteroatoms. The van der Waals surface area contributed by atoms with Crippen LogP contribution in [0.5, 0.6) is 5.75 Å². The second kappa shape index (κ2) is 6.06. The van der Waals surface area contributed by atoms with Crippen LogP contribution in [0, 0.1) is 0 Å². The molecule has 0 aliphatic rings. The molecule has 1 N–H and O–H groups in total. The van der Waals surface area contributed by atoms with Gasteiger partial charge in [-0.05, 0) is 24.6 Å². The maximum Gasteiger partial charge on any atom is 0.335 e. The zero-order valence-corrected chi connectivity index (χ0v) is 11.3. The molecular formula is C11H13ClO5S. The molecule has 0 saturated heterocycles. The van der Waals surface area contributed by atoms with Crippen molar-refractivity contribution >= 4 is 27.4 Å². The molecule has 0 atom stereocenters. The van der Waals surface area contributed by atoms with Crippen molar-refractivity contribution < 1.29 is 23.1 Å². The number of ether oxygens (including phenoxy) is 1. The van der Waals surface area contributed by atoms with Crippen LogP contribution < -0.4 is 4.74 Å². The smallest absolute Gasteiger partial charge is 0.335 e. The molecule has 0 aliphatic heterocycles. The number of hydrogen-bond donors (Lipinski definition) is 1. The molecule has 0 radical (unpaired) electrons. The zero-order valence-electron chi connectivity index (χ0n) is 9.72. The molecule has 0 aromatic heterocycles. The minimum absolute atomic E-state index is 0.0395. The number of hydrogen-bond acceptors (Lipinski definition) is 4. The van der Waals surface area contributed by atoms with Crippen LogP contribution in [0.1, 0.15) is 16.8 Å². The highest BCUT2D eigenvalue weighted by molar-refractivity contribution is 7.90. The summed E-state index contributed by atoms with van der Waals surface area (Å²) in [5.41, 5.74) is 0.0727. The first-order valence-corrected chi connectivity index (χ1v) is 7.57. The van der Waals surface area contributed by atoms with Gasteiger partial charge in [-0.3, -0.25) is 0 Å². The number of carbonyl (C=O) groups is 1. The molecule has 18 heavy (non-hydrogen) atoms. The van der Waals surface area contributed by atoms with Crippen LogP contribution in [-0.4, -0.2) is 38.1 Å². The van der Waals surface area contributed by atoms with Gasteiger partial charge in [-0.2, -0.15) is 0 Å². The second-order valence-electron chi connectivity index (χ2n) is 3.78. The molecular weight excluding hydrogens is 280 g/mol. The number of sulfone groups is 1. The third-order valence-electron chi connectivity index (χ3n) is 2.10. The summed E-state index contributed by atoms with van der Waals surface area (Å²) in [7, 11) is -3.00. The summed E-state index contributed by atoms with van der Waals surface area (Å²) in [6.45, 7) is 0.208. The van der Waals surface area contributed by atoms with E-state index in [4.69, 9.17) is 21.4 Å². The molecule has 100 valence electrons. The van der Waals surface area contributed by atoms with Gasteiger partial charge in [0.2, 0.25) is 0 Å². The Morgan fingerprint density at radius 3 is 2.61 bits per heavy atom. The highest BCUT2D eigenvalue weighted by Gasteiger charge is 2.08. The van der Waals surface area contributed by atoms with Crippen molar-refractivity contribution in [2.45, 2.75) is 6.42 Å². The molecule has 1 aromatic carbocycles. The molecule has 0 amide bonds. The van der Waals surface area contributed by atoms with Gasteiger partial charge in [-0.25, -0.2) is 13.2 Å². The fourth-order valence-electron chi connectivity index (χ4n) is 1.25. The van der Waals surface area contributed by atoms with Gasteiger partial charge in [0.05, 0.1) is 22.9 Å². The predicted molar refractivity (Wildman–Crippen MR) is 68.2 cm³/mol. The quantitative estimate of drug-likeness (QED) is 0.809. The maximum absolute atomic E-state index is 10.9. The van der Waals surface area contributed by atoms with E-state index in [0.717, 1.165) is 6.26 Å². The van der Waals surface area contributed by atoms with E-state index >= 15 is 0 Å². The van der Waals surface area contributed by atoms with Crippen molar-refractivity contribution in [3.8, 4) is 5.75 Å². The third-order valence-corrected chi connectivity index (χ3v) is 3.42. The lowest BCUT2D eigenvalue weighted by Gasteiger charge is -2.08. The summed E-state index contributed by atoms with van der Waals surface area (Å²) in [4.78, 5) is 10.7. The van der Waals surface area contributed by atoms with Gasteiger partial charge < -0.3 is 9.84 Å². The second-order valence-corrected chi connectivity index (χ2v) is 6.45. The van der Waals surface area contributed by atoms with Gasteiger partial charge in [0.1, 0.15) is 15.6 Å². The Bertz CT molecular complexity index is 538. The summed E-state index contributed by atoms with van der Waals surface area (Å²) in [5, 5.41) is 8.93. The summed E-state index contributed by atoms with van der Waals surface area (Å²) < 4.78 is 27.0. The lowest BCUT2D eigenvalue weighted by molar-refractivity contribution is 0.0697. The van der Waals surface area contributed by atoms with Gasteiger partial charge in [0, 0.05) is 6.26 Å². The number of benzene rings is 1. The summed E-state index contributed by atoms with van der Waals surface area (Å²) in [5.74, 6) is -0.687. The molecule has 0 heterocycles. The first-order valence-electron chi connectivity index (χ1n) is 5.13. The highest BCUT2D eigenvalue weighted by Crippen LogP contribution is 2.25. The van der Waals surface area contributed by atoms with E-state index in [0.29, 0.717) is 12.2 Å². The summed E-state index contributed by atoms with van der Waals surface area (Å²) >= 11 is 5.84. The Hall–Kier alpha value is -1.27. The molecule has 0 bridgehead atoms. The Balaban J connectivity index is 2.56. The fraction of sp³-hybridized carbons (Fsp3) is 0.364. The molecule has 1 rings (SSSR count). The van der Waals surface area contributed by atoms with E-state index in [1.54, 1.807) is 0 Å². The molecule has 0 spiro atoms. The molecule has 0 saturated carbocycles. The predicted octanol–water partition coefficient (Wildman–Crippen LogP) is 1.85. The fourth-order valence-corrected chi connectivity index (χ4v) is 2.13. The van der Waals surface area contributed by atoms with E-state index in [1.165, 1.54) is 18.2 Å². The Labute approximate surface area is 110 Å². The van der Waals surface area contributed by atoms with Crippen molar-refractivity contribution in [1.29, 1.82) is 0 Å². The lowest BCUT2D eigenvalue weighted by atomic mass is 10.2. The van der Waals surface area contributed by atoms with Gasteiger partial charge in [-0.15, -0.1) is 0 Å². The topological polar surface area (TPSA) is 80.7 Å². The van der Waals surface area contributed by atoms with E-state index in [1.807, 2.05) is 0 Å². The van der Waals surface area contributed by atoms with E-state index in [9.17, 15) is 13.2 Å². The van der Waals surface area contributed by atoms with Crippen LogP contribution in [0.4, 0.5) is 0 Å². The van der Waals surface area contributed by atoms with E-state index in [-0.39, 0.29) is 22.9 Å². The highest BCUT2D eigenvalue weighted by atomic mass is 35.5. The van der Waals surface area contributed by atoms with Crippen molar-refractivity contribution in [2.75, 3.05) is 18.6 Å². The van der Waals surface area contributed by atoms with Gasteiger partial charge in [-0.1, -0.05) is 11.6 Å². The number of carboxylic acids is 1. The summed E-state index contributed by atoms with van der Waals surface area (Å²) in [6, 6.07) is 4.11. The Morgan fingerprint density at radius 1 is 1.44 bits per heavy atom. The van der Waals surface area contributed by atoms with Crippen LogP contribution in [0.2, 0.25) is 5.02 Å². The average Bonchev–Trinajstić information content (AvgIpc) is 2.24. The van der Waals surface area contributed by atoms with Crippen LogP contribution >= 0.6 is 11.6 Å². The first-order chi connectivity index (χ1) is 8.29. The Morgan fingerprint density at radius 2 is 2.11 bits per heavy atom. The molecule has 1 aromatic rings. The van der Waals surface area contributed by atoms with E-state index in [2.05, 4.69) is 0 Å². The van der Waals surface area contributed by atoms with Crippen LogP contribution in [0.3, 0.4) is 0 Å². The van der Waals surface area contributed by atoms with Crippen molar-refractivity contribution in [3.05, 3.63) is 28.8 Å². The largest absolute Gasteiger partial charge is 0.492 e. The van der Waals surface area contributed by atoms with Gasteiger partial charge in [0.25, 0.3) is 0 Å². The number of carboxylic acid groups (broad SMARTS) is 1. The van der Waals surface area contributed by atoms with E-state index < -0.39 is 15.8 Å². The summed E-state index contributed by atoms with van der Waals surface area (Å²) in [6.07, 6.45) is 1.51. The third kappa shape index (κ3) is 4.93. The zero-order chi connectivity index (χ0) is 13.8. The normalized spacial score (nSPS) is 11.2. The number of halogens is 1. The minimum Gasteiger partial charge on any atom is -0.492 e. The maximum atomic E-state index is 10.9. The number of rotatable bonds is 6. The number of aromatic carboxylic acids is 1. The van der Waals surface area contributed by atoms with Crippen molar-refractivity contribution in [1.82, 2.24) is 0 Å². The molecule has 0 unspecified atom stereocenters. The van der Waals surface area contributed by atoms with Crippen molar-refractivity contribution in [3.63, 3.8) is 0 Å². The monoisotopic (exact) mass is 292 g/mol. The first kappa shape index (κ1) is 14.8. The molecule has 5 nitrogen and oxygen atoms in total. The van der Waals surface area contributed by atoms with Gasteiger partial charge in [0.15, 0.2) is 0 Å². The van der Waals surface area contributed by atoms with Crippen LogP contribution in [0.15, 0.2) is 18.2 Å². The molecule has 0 aliphatic carbocycles. The minimum atomic E-state index is -3.00. The molecule has 0 fully saturated rings. The average molecular weight is 293 g/mol. The standard InChI is InChI=1S/C11H13ClO5S/c1-18(15,16)6-2-5-17-10-4-3-8(11(13)14)7-9(10)12/h3-4,7H,2,5-6H2,1H3,(H,13,14). The Kier molecular flexibility index (Phi) is 4.98. The SMILES string of the molecule is CS(=O)(=O)CCCOc1ccc(C(=O)O)cc1Cl. The van der Waals surface area contributed by atoms with Crippen LogP contribution in [-0.2, 0) is 9.84 Å². The van der Waals surface area contributed by atoms with Crippen LogP contribution in [0.25, 0.3) is 0 Å². The lowest BCUT2D eigenvalue weighted by Crippen LogP contribution is -2.08. The van der Waals surface area contributed by atoms with Crippen molar-refractivity contribution in [2.24, 2.45) is 0 Å². The van der Waals surface area contributed by atoms with Gasteiger partial charge >= 0.3 is 5.97 Å².